The fourth-order valence-electron chi connectivity index (χ4n) is 5.24. The summed E-state index contributed by atoms with van der Waals surface area (Å²) in [5.74, 6) is 0.217. The Morgan fingerprint density at radius 2 is 1.55 bits per heavy atom. The van der Waals surface area contributed by atoms with Crippen LogP contribution in [0.3, 0.4) is 0 Å². The molecule has 0 saturated carbocycles. The summed E-state index contributed by atoms with van der Waals surface area (Å²) in [5, 5.41) is 14.1. The zero-order valence-electron chi connectivity index (χ0n) is 24.7. The van der Waals surface area contributed by atoms with E-state index in [0.717, 1.165) is 48.7 Å². The molecule has 0 saturated heterocycles. The number of phenolic OH excluding ortho intramolecular Hbond substituents is 1. The van der Waals surface area contributed by atoms with E-state index in [2.05, 4.69) is 99.6 Å². The first-order valence-corrected chi connectivity index (χ1v) is 14.7. The summed E-state index contributed by atoms with van der Waals surface area (Å²) in [7, 11) is 0. The van der Waals surface area contributed by atoms with Crippen molar-refractivity contribution < 1.29 is 26.2 Å². The molecule has 4 nitrogen and oxygen atoms in total. The first kappa shape index (κ1) is 30.1. The summed E-state index contributed by atoms with van der Waals surface area (Å²) >= 11 is 1.59. The second-order valence-corrected chi connectivity index (χ2v) is 13.6. The maximum atomic E-state index is 11.0. The molecular formula is C36H34N3OPtS-. The fourth-order valence-corrected chi connectivity index (χ4v) is 6.03. The van der Waals surface area contributed by atoms with Gasteiger partial charge in [0.2, 0.25) is 0 Å². The Labute approximate surface area is 266 Å². The van der Waals surface area contributed by atoms with E-state index < -0.39 is 0 Å². The molecule has 0 unspecified atom stereocenters. The molecule has 6 heteroatoms. The Kier molecular flexibility index (Phi) is 8.13. The van der Waals surface area contributed by atoms with Crippen LogP contribution in [0.1, 0.15) is 52.7 Å². The van der Waals surface area contributed by atoms with Crippen molar-refractivity contribution in [3.63, 3.8) is 0 Å². The van der Waals surface area contributed by atoms with Crippen molar-refractivity contribution in [3.05, 3.63) is 108 Å². The number of nitrogens with zero attached hydrogens (tertiary/aromatic N) is 3. The molecule has 3 aromatic carbocycles. The standard InChI is InChI=1S/C36H34N3OS.Pt/c1-35(2,3)24-17-18-29-26(21-24)27-22-28(36(4,5)6)33(38-34(27)39(29)30-14-7-8-15-31(30)40)23-12-11-13-25(20-23)41-32-16-9-10-19-37-32;/h7-19,21-22,40H,1-6H3;/q-1;. The van der Waals surface area contributed by atoms with Crippen LogP contribution in [0, 0.1) is 6.07 Å². The smallest absolute Gasteiger partial charge is 0.139 e. The summed E-state index contributed by atoms with van der Waals surface area (Å²) in [4.78, 5) is 10.9. The van der Waals surface area contributed by atoms with Gasteiger partial charge in [-0.2, -0.15) is 0 Å². The minimum Gasteiger partial charge on any atom is -0.506 e. The summed E-state index contributed by atoms with van der Waals surface area (Å²) in [6.45, 7) is 13.4. The summed E-state index contributed by atoms with van der Waals surface area (Å²) in [6, 6.07) is 32.2. The first-order valence-electron chi connectivity index (χ1n) is 13.9. The van der Waals surface area contributed by atoms with Gasteiger partial charge in [-0.25, -0.2) is 4.98 Å². The van der Waals surface area contributed by atoms with Crippen LogP contribution >= 0.6 is 11.8 Å². The van der Waals surface area contributed by atoms with Crippen molar-refractivity contribution in [2.45, 2.75) is 62.3 Å². The largest absolute Gasteiger partial charge is 0.506 e. The molecule has 0 amide bonds. The Hall–Kier alpha value is -3.40. The van der Waals surface area contributed by atoms with Crippen LogP contribution in [-0.2, 0) is 31.9 Å². The molecule has 42 heavy (non-hydrogen) atoms. The van der Waals surface area contributed by atoms with E-state index in [4.69, 9.17) is 4.98 Å². The zero-order chi connectivity index (χ0) is 28.9. The van der Waals surface area contributed by atoms with Gasteiger partial charge in [0, 0.05) is 38.0 Å². The first-order chi connectivity index (χ1) is 19.5. The second-order valence-electron chi connectivity index (χ2n) is 12.5. The second kappa shape index (κ2) is 11.4. The number of aromatic nitrogens is 3. The van der Waals surface area contributed by atoms with E-state index in [9.17, 15) is 5.11 Å². The normalized spacial score (nSPS) is 12.0. The van der Waals surface area contributed by atoms with Crippen LogP contribution < -0.4 is 0 Å². The maximum Gasteiger partial charge on any atom is 0.139 e. The van der Waals surface area contributed by atoms with Crippen LogP contribution in [0.2, 0.25) is 0 Å². The van der Waals surface area contributed by atoms with Gasteiger partial charge >= 0.3 is 0 Å². The number of fused-ring (bicyclic) bond motifs is 3. The number of hydrogen-bond donors (Lipinski definition) is 1. The quantitative estimate of drug-likeness (QED) is 0.183. The summed E-state index contributed by atoms with van der Waals surface area (Å²) in [6.07, 6.45) is 1.81. The molecule has 0 aliphatic rings. The van der Waals surface area contributed by atoms with Gasteiger partial charge in [0.1, 0.15) is 11.4 Å². The zero-order valence-corrected chi connectivity index (χ0v) is 27.8. The Morgan fingerprint density at radius 1 is 0.786 bits per heavy atom. The number of rotatable bonds is 4. The van der Waals surface area contributed by atoms with Crippen molar-refractivity contribution in [2.75, 3.05) is 0 Å². The van der Waals surface area contributed by atoms with Gasteiger partial charge < -0.3 is 5.11 Å². The van der Waals surface area contributed by atoms with Gasteiger partial charge in [0.15, 0.2) is 0 Å². The van der Waals surface area contributed by atoms with E-state index >= 15 is 0 Å². The van der Waals surface area contributed by atoms with Gasteiger partial charge in [0.05, 0.1) is 16.2 Å². The molecule has 0 bridgehead atoms. The van der Waals surface area contributed by atoms with Gasteiger partial charge in [-0.05, 0) is 58.5 Å². The summed E-state index contributed by atoms with van der Waals surface area (Å²) in [5.41, 5.74) is 6.61. The number of pyridine rings is 2. The van der Waals surface area contributed by atoms with Crippen LogP contribution in [0.5, 0.6) is 5.75 Å². The number of aromatic hydroxyl groups is 1. The van der Waals surface area contributed by atoms with E-state index in [1.165, 1.54) is 5.56 Å². The van der Waals surface area contributed by atoms with Crippen molar-refractivity contribution in [3.8, 4) is 22.7 Å². The fraction of sp³-hybridized carbons (Fsp3) is 0.222. The molecule has 3 aromatic heterocycles. The molecule has 0 atom stereocenters. The Bertz CT molecular complexity index is 1900. The molecule has 6 aromatic rings. The van der Waals surface area contributed by atoms with Crippen LogP contribution in [-0.4, -0.2) is 19.6 Å². The summed E-state index contributed by atoms with van der Waals surface area (Å²) < 4.78 is 2.09. The minimum atomic E-state index is -0.167. The molecule has 0 aliphatic heterocycles. The topological polar surface area (TPSA) is 50.9 Å². The third kappa shape index (κ3) is 5.65. The third-order valence-electron chi connectivity index (χ3n) is 7.41. The number of phenols is 1. The Balaban J connectivity index is 0.00000353. The number of para-hydroxylation sites is 2. The molecule has 216 valence electrons. The maximum absolute atomic E-state index is 11.0. The van der Waals surface area contributed by atoms with E-state index in [1.54, 1.807) is 17.8 Å². The predicted octanol–water partition coefficient (Wildman–Crippen LogP) is 9.49. The van der Waals surface area contributed by atoms with E-state index in [-0.39, 0.29) is 37.6 Å². The average Bonchev–Trinajstić information content (AvgIpc) is 3.25. The number of benzene rings is 3. The van der Waals surface area contributed by atoms with E-state index in [1.807, 2.05) is 42.6 Å². The molecule has 0 aliphatic carbocycles. The van der Waals surface area contributed by atoms with Crippen molar-refractivity contribution in [1.82, 2.24) is 14.5 Å². The average molecular weight is 752 g/mol. The monoisotopic (exact) mass is 751 g/mol. The van der Waals surface area contributed by atoms with Crippen LogP contribution in [0.15, 0.2) is 101 Å². The predicted molar refractivity (Wildman–Crippen MR) is 170 cm³/mol. The van der Waals surface area contributed by atoms with E-state index in [0.29, 0.717) is 5.69 Å². The minimum absolute atomic E-state index is 0. The van der Waals surface area contributed by atoms with Gasteiger partial charge in [-0.15, -0.1) is 29.8 Å². The van der Waals surface area contributed by atoms with Crippen molar-refractivity contribution in [1.29, 1.82) is 0 Å². The molecule has 3 heterocycles. The Morgan fingerprint density at radius 3 is 2.24 bits per heavy atom. The molecule has 0 radical (unpaired) electrons. The molecule has 1 N–H and O–H groups in total. The molecule has 6 rings (SSSR count). The van der Waals surface area contributed by atoms with Gasteiger partial charge in [0.25, 0.3) is 0 Å². The molecule has 0 fully saturated rings. The SMILES string of the molecule is CC(C)(C)c1ccc2c(c1)c1cc(C(C)(C)C)c(-c3[c-]c(Sc4ccccn4)ccc3)nc1n2-c1ccccc1O.[Pt]. The molecule has 0 spiro atoms. The van der Waals surface area contributed by atoms with Crippen molar-refractivity contribution in [2.24, 2.45) is 0 Å². The number of hydrogen-bond acceptors (Lipinski definition) is 4. The van der Waals surface area contributed by atoms with Crippen molar-refractivity contribution >= 4 is 33.7 Å². The third-order valence-corrected chi connectivity index (χ3v) is 8.32. The van der Waals surface area contributed by atoms with Gasteiger partial charge in [-0.3, -0.25) is 9.55 Å². The van der Waals surface area contributed by atoms with Crippen LogP contribution in [0.4, 0.5) is 0 Å². The molecular weight excluding hydrogens is 718 g/mol. The van der Waals surface area contributed by atoms with Crippen LogP contribution in [0.25, 0.3) is 38.9 Å². The van der Waals surface area contributed by atoms with Gasteiger partial charge in [-0.1, -0.05) is 94.1 Å².